The number of carbonyl (C=O) groups is 1. The highest BCUT2D eigenvalue weighted by Crippen LogP contribution is 2.33. The van der Waals surface area contributed by atoms with Crippen molar-refractivity contribution in [1.82, 2.24) is 5.16 Å². The molecule has 0 spiro atoms. The van der Waals surface area contributed by atoms with E-state index in [2.05, 4.69) is 5.16 Å². The normalized spacial score (nSPS) is 10.2. The van der Waals surface area contributed by atoms with Crippen LogP contribution in [0.2, 0.25) is 0 Å². The summed E-state index contributed by atoms with van der Waals surface area (Å²) >= 11 is 0. The second-order valence-corrected chi connectivity index (χ2v) is 3.48. The summed E-state index contributed by atoms with van der Waals surface area (Å²) < 4.78 is 10.2. The van der Waals surface area contributed by atoms with E-state index in [1.54, 1.807) is 31.2 Å². The van der Waals surface area contributed by atoms with Crippen molar-refractivity contribution in [3.8, 4) is 17.1 Å². The maximum atomic E-state index is 11.1. The van der Waals surface area contributed by atoms with E-state index in [9.17, 15) is 4.79 Å². The number of aromatic carboxylic acids is 1. The number of aromatic nitrogens is 1. The van der Waals surface area contributed by atoms with E-state index >= 15 is 0 Å². The molecule has 88 valence electrons. The fourth-order valence-corrected chi connectivity index (χ4v) is 1.64. The van der Waals surface area contributed by atoms with Gasteiger partial charge in [-0.3, -0.25) is 0 Å². The van der Waals surface area contributed by atoms with Gasteiger partial charge in [-0.2, -0.15) is 0 Å². The van der Waals surface area contributed by atoms with Gasteiger partial charge in [0.05, 0.1) is 18.4 Å². The lowest BCUT2D eigenvalue weighted by Crippen LogP contribution is -1.99. The molecule has 0 aliphatic heterocycles. The standard InChI is InChI=1S/C12H11NO4/c1-7-10(12(14)15)11(17-13-7)8-5-3-4-6-9(8)16-2/h3-6H,1-2H3,(H,14,15). The lowest BCUT2D eigenvalue weighted by atomic mass is 10.1. The molecule has 1 aromatic heterocycles. The number of ether oxygens (including phenoxy) is 1. The van der Waals surface area contributed by atoms with Crippen LogP contribution in [0, 0.1) is 6.92 Å². The summed E-state index contributed by atoms with van der Waals surface area (Å²) in [5.41, 5.74) is 0.987. The van der Waals surface area contributed by atoms with Crippen molar-refractivity contribution in [2.24, 2.45) is 0 Å². The highest BCUT2D eigenvalue weighted by Gasteiger charge is 2.23. The third-order valence-electron chi connectivity index (χ3n) is 2.43. The van der Waals surface area contributed by atoms with Crippen molar-refractivity contribution in [3.05, 3.63) is 35.5 Å². The fourth-order valence-electron chi connectivity index (χ4n) is 1.64. The molecule has 1 aromatic carbocycles. The third-order valence-corrected chi connectivity index (χ3v) is 2.43. The smallest absolute Gasteiger partial charge is 0.341 e. The zero-order valence-corrected chi connectivity index (χ0v) is 9.43. The molecule has 2 aromatic rings. The number of hydrogen-bond acceptors (Lipinski definition) is 4. The summed E-state index contributed by atoms with van der Waals surface area (Å²) in [6.07, 6.45) is 0. The number of nitrogens with zero attached hydrogens (tertiary/aromatic N) is 1. The summed E-state index contributed by atoms with van der Waals surface area (Å²) in [5, 5.41) is 12.8. The van der Waals surface area contributed by atoms with Crippen molar-refractivity contribution in [2.75, 3.05) is 7.11 Å². The minimum absolute atomic E-state index is 0.0644. The van der Waals surface area contributed by atoms with Gasteiger partial charge in [0.15, 0.2) is 5.76 Å². The van der Waals surface area contributed by atoms with Gasteiger partial charge in [0.1, 0.15) is 11.3 Å². The summed E-state index contributed by atoms with van der Waals surface area (Å²) in [5.74, 6) is -0.303. The van der Waals surface area contributed by atoms with Crippen LogP contribution in [0.15, 0.2) is 28.8 Å². The second kappa shape index (κ2) is 4.29. The molecule has 5 heteroatoms. The van der Waals surface area contributed by atoms with Crippen LogP contribution in [0.1, 0.15) is 16.1 Å². The van der Waals surface area contributed by atoms with E-state index in [-0.39, 0.29) is 11.3 Å². The van der Waals surface area contributed by atoms with Crippen LogP contribution in [-0.2, 0) is 0 Å². The fraction of sp³-hybridized carbons (Fsp3) is 0.167. The van der Waals surface area contributed by atoms with Gasteiger partial charge in [-0.05, 0) is 19.1 Å². The largest absolute Gasteiger partial charge is 0.496 e. The third kappa shape index (κ3) is 1.87. The van der Waals surface area contributed by atoms with Crippen LogP contribution in [0.5, 0.6) is 5.75 Å². The van der Waals surface area contributed by atoms with Gasteiger partial charge in [-0.25, -0.2) is 4.79 Å². The molecule has 1 heterocycles. The maximum absolute atomic E-state index is 11.1. The lowest BCUT2D eigenvalue weighted by molar-refractivity contribution is 0.0696. The Labute approximate surface area is 97.6 Å². The van der Waals surface area contributed by atoms with Crippen LogP contribution in [0.3, 0.4) is 0 Å². The number of aryl methyl sites for hydroxylation is 1. The van der Waals surface area contributed by atoms with Crippen molar-refractivity contribution in [3.63, 3.8) is 0 Å². The molecule has 2 rings (SSSR count). The number of carboxylic acids is 1. The monoisotopic (exact) mass is 233 g/mol. The first-order valence-electron chi connectivity index (χ1n) is 4.98. The molecule has 5 nitrogen and oxygen atoms in total. The Morgan fingerprint density at radius 1 is 1.41 bits per heavy atom. The van der Waals surface area contributed by atoms with E-state index < -0.39 is 5.97 Å². The van der Waals surface area contributed by atoms with E-state index in [0.29, 0.717) is 17.0 Å². The Morgan fingerprint density at radius 2 is 2.12 bits per heavy atom. The first-order chi connectivity index (χ1) is 8.15. The molecule has 17 heavy (non-hydrogen) atoms. The molecule has 0 radical (unpaired) electrons. The Bertz CT molecular complexity index is 559. The zero-order chi connectivity index (χ0) is 12.4. The minimum Gasteiger partial charge on any atom is -0.496 e. The molecule has 0 aliphatic carbocycles. The Balaban J connectivity index is 2.65. The van der Waals surface area contributed by atoms with E-state index in [1.807, 2.05) is 0 Å². The van der Waals surface area contributed by atoms with Crippen LogP contribution in [-0.4, -0.2) is 23.3 Å². The van der Waals surface area contributed by atoms with Crippen LogP contribution in [0.25, 0.3) is 11.3 Å². The minimum atomic E-state index is -1.07. The topological polar surface area (TPSA) is 72.6 Å². The van der Waals surface area contributed by atoms with Crippen LogP contribution in [0.4, 0.5) is 0 Å². The lowest BCUT2D eigenvalue weighted by Gasteiger charge is -2.05. The van der Waals surface area contributed by atoms with Gasteiger partial charge in [0.25, 0.3) is 0 Å². The molecule has 0 bridgehead atoms. The number of methoxy groups -OCH3 is 1. The zero-order valence-electron chi connectivity index (χ0n) is 9.43. The Morgan fingerprint density at radius 3 is 2.76 bits per heavy atom. The quantitative estimate of drug-likeness (QED) is 0.880. The van der Waals surface area contributed by atoms with E-state index in [1.165, 1.54) is 7.11 Å². The average Bonchev–Trinajstić information content (AvgIpc) is 2.71. The highest BCUT2D eigenvalue weighted by molar-refractivity contribution is 5.96. The Hall–Kier alpha value is -2.30. The van der Waals surface area contributed by atoms with Crippen LogP contribution < -0.4 is 4.74 Å². The first kappa shape index (κ1) is 11.2. The number of rotatable bonds is 3. The summed E-state index contributed by atoms with van der Waals surface area (Å²) in [4.78, 5) is 11.1. The molecule has 0 saturated carbocycles. The van der Waals surface area contributed by atoms with Crippen molar-refractivity contribution >= 4 is 5.97 Å². The predicted octanol–water partition coefficient (Wildman–Crippen LogP) is 2.36. The first-order valence-corrected chi connectivity index (χ1v) is 4.98. The maximum Gasteiger partial charge on any atom is 0.341 e. The van der Waals surface area contributed by atoms with Crippen molar-refractivity contribution in [2.45, 2.75) is 6.92 Å². The summed E-state index contributed by atoms with van der Waals surface area (Å²) in [6.45, 7) is 1.59. The number of para-hydroxylation sites is 1. The van der Waals surface area contributed by atoms with Gasteiger partial charge in [0.2, 0.25) is 0 Å². The Kier molecular flexibility index (Phi) is 2.82. The van der Waals surface area contributed by atoms with Gasteiger partial charge >= 0.3 is 5.97 Å². The van der Waals surface area contributed by atoms with Crippen LogP contribution >= 0.6 is 0 Å². The molecule has 0 fully saturated rings. The molecule has 0 atom stereocenters. The van der Waals surface area contributed by atoms with Crippen molar-refractivity contribution < 1.29 is 19.2 Å². The average molecular weight is 233 g/mol. The molecule has 0 unspecified atom stereocenters. The van der Waals surface area contributed by atoms with Crippen molar-refractivity contribution in [1.29, 1.82) is 0 Å². The van der Waals surface area contributed by atoms with Gasteiger partial charge in [-0.15, -0.1) is 0 Å². The predicted molar refractivity (Wildman–Crippen MR) is 60.2 cm³/mol. The molecule has 0 saturated heterocycles. The SMILES string of the molecule is COc1ccccc1-c1onc(C)c1C(=O)O. The molecule has 0 aliphatic rings. The highest BCUT2D eigenvalue weighted by atomic mass is 16.5. The van der Waals surface area contributed by atoms with Gasteiger partial charge in [-0.1, -0.05) is 17.3 Å². The summed E-state index contributed by atoms with van der Waals surface area (Å²) in [6, 6.07) is 7.04. The van der Waals surface area contributed by atoms with Gasteiger partial charge in [0, 0.05) is 0 Å². The second-order valence-electron chi connectivity index (χ2n) is 3.48. The summed E-state index contributed by atoms with van der Waals surface area (Å²) in [7, 11) is 1.52. The van der Waals surface area contributed by atoms with Gasteiger partial charge < -0.3 is 14.4 Å². The molecule has 1 N–H and O–H groups in total. The molecule has 0 amide bonds. The number of hydrogen-bond donors (Lipinski definition) is 1. The number of carboxylic acid groups (broad SMARTS) is 1. The molecular weight excluding hydrogens is 222 g/mol. The number of benzene rings is 1. The van der Waals surface area contributed by atoms with E-state index in [0.717, 1.165) is 0 Å². The van der Waals surface area contributed by atoms with E-state index in [4.69, 9.17) is 14.4 Å². The molecular formula is C12H11NO4.